The maximum atomic E-state index is 14.4. The van der Waals surface area contributed by atoms with Crippen LogP contribution in [0.1, 0.15) is 419 Å². The number of carbonyl (C=O) groups excluding carboxylic acids is 2. The standard InChI is InChI=1S/C40H64Br2OS2.C40H66OS2.BHNS/c1-3-5-7-9-11-13-15-17-19-21-23-25-27-29-40(30-28-26-24-22-20-18-16-14-12-10-8-6-4-2)34-32-36(42)45-38(34)37-33(39(40)43)31-35(41)44-37;1-3-5-7-9-11-13-15-17-19-21-23-25-27-31-40(32-28-26-24-22-20-18-16-14-12-10-8-6-4-2)36-30-34-43-38(36)37-35(39(40)41)29-33-42-37;1-2-3/h31-32H,3-30H2,1-2H3;29-30,33-34H,3-28,31-32H2,1-2H3;3H. The van der Waals surface area contributed by atoms with Crippen molar-refractivity contribution in [3.8, 4) is 19.5 Å². The fourth-order valence-corrected chi connectivity index (χ4v) is 20.4. The number of unbranched alkanes of at least 4 members (excludes halogenated alkanes) is 48. The van der Waals surface area contributed by atoms with E-state index in [4.69, 9.17) is 0 Å². The van der Waals surface area contributed by atoms with E-state index in [2.05, 4.69) is 119 Å². The SMILES string of the molecule is CCCCCCCCCCCCCCCC1(CCCCCCCCCCCCCCC)C(=O)c2cc(Br)sc2-c2sc(Br)cc21.CCCCCCCCCCCCCCCC1(CCCCCCCCCCCCCCC)C(=O)c2ccsc2-c2sccc21.[B]=NS. The van der Waals surface area contributed by atoms with E-state index >= 15 is 0 Å². The minimum atomic E-state index is -0.346. The molecule has 0 fully saturated rings. The molecular weight excluding hydrogens is 1340 g/mol. The first kappa shape index (κ1) is 82.7. The number of hydrogen-bond acceptors (Lipinski definition) is 8. The molecule has 0 aliphatic heterocycles. The Morgan fingerprint density at radius 2 is 0.593 bits per heavy atom. The molecule has 4 aromatic rings. The van der Waals surface area contributed by atoms with E-state index in [0.29, 0.717) is 11.6 Å². The van der Waals surface area contributed by atoms with Gasteiger partial charge in [-0.2, -0.15) is 0 Å². The van der Waals surface area contributed by atoms with Gasteiger partial charge in [0.25, 0.3) is 0 Å². The second-order valence-corrected chi connectivity index (χ2v) is 34.7. The number of thiol groups is 1. The van der Waals surface area contributed by atoms with Crippen LogP contribution >= 0.6 is 90.0 Å². The van der Waals surface area contributed by atoms with E-state index in [0.717, 1.165) is 57.2 Å². The molecule has 91 heavy (non-hydrogen) atoms. The van der Waals surface area contributed by atoms with Gasteiger partial charge in [-0.1, -0.05) is 362 Å². The summed E-state index contributed by atoms with van der Waals surface area (Å²) in [5.41, 5.74) is 4.06. The fraction of sp³-hybridized carbons (Fsp3) is 0.775. The molecule has 0 saturated heterocycles. The predicted molar refractivity (Wildman–Crippen MR) is 421 cm³/mol. The van der Waals surface area contributed by atoms with Gasteiger partial charge in [-0.05, 0) is 104 Å². The zero-order valence-corrected chi connectivity index (χ0v) is 66.1. The number of fused-ring (bicyclic) bond motifs is 6. The summed E-state index contributed by atoms with van der Waals surface area (Å²) in [5, 5.41) is 4.38. The summed E-state index contributed by atoms with van der Waals surface area (Å²) >= 11 is 17.9. The van der Waals surface area contributed by atoms with Gasteiger partial charge < -0.3 is 0 Å². The predicted octanol–water partition coefficient (Wildman–Crippen LogP) is 31.5. The molecule has 4 aromatic heterocycles. The number of ketones is 2. The molecule has 515 valence electrons. The van der Waals surface area contributed by atoms with Crippen molar-refractivity contribution in [3.05, 3.63) is 64.9 Å². The summed E-state index contributed by atoms with van der Waals surface area (Å²) in [7, 11) is 4.34. The number of rotatable bonds is 56. The van der Waals surface area contributed by atoms with E-state index in [-0.39, 0.29) is 10.8 Å². The van der Waals surface area contributed by atoms with Crippen LogP contribution < -0.4 is 0 Å². The quantitative estimate of drug-likeness (QED) is 0.0272. The molecule has 0 unspecified atom stereocenters. The van der Waals surface area contributed by atoms with Crippen LogP contribution in [0.25, 0.3) is 19.5 Å². The molecule has 0 amide bonds. The average Bonchev–Trinajstić information content (AvgIpc) is 1.61. The third-order valence-electron chi connectivity index (χ3n) is 20.4. The van der Waals surface area contributed by atoms with Gasteiger partial charge in [0.05, 0.1) is 33.0 Å². The van der Waals surface area contributed by atoms with Gasteiger partial charge in [0.2, 0.25) is 0 Å². The van der Waals surface area contributed by atoms with Gasteiger partial charge in [-0.3, -0.25) is 9.59 Å². The summed E-state index contributed by atoms with van der Waals surface area (Å²) in [6, 6.07) is 8.85. The van der Waals surface area contributed by atoms with Crippen molar-refractivity contribution >= 4 is 109 Å². The molecule has 2 aliphatic carbocycles. The third kappa shape index (κ3) is 31.4. The Bertz CT molecular complexity index is 2380. The van der Waals surface area contributed by atoms with Crippen molar-refractivity contribution in [2.24, 2.45) is 4.30 Å². The van der Waals surface area contributed by atoms with Crippen LogP contribution in [-0.2, 0) is 10.8 Å². The van der Waals surface area contributed by atoms with Crippen LogP contribution in [0.5, 0.6) is 0 Å². The molecule has 1 radical (unpaired) electrons. The second-order valence-electron chi connectivity index (χ2n) is 27.8. The van der Waals surface area contributed by atoms with Gasteiger partial charge in [0, 0.05) is 16.0 Å². The number of thiophene rings is 4. The summed E-state index contributed by atoms with van der Waals surface area (Å²) in [6.45, 7) is 9.19. The summed E-state index contributed by atoms with van der Waals surface area (Å²) in [5.74, 6) is 0.836. The Morgan fingerprint density at radius 3 is 0.923 bits per heavy atom. The molecule has 0 aromatic carbocycles. The number of carbonyl (C=O) groups is 2. The van der Waals surface area contributed by atoms with Gasteiger partial charge in [0.1, 0.15) is 0 Å². The Labute approximate surface area is 600 Å². The minimum absolute atomic E-state index is 0.279. The number of nitrogens with zero attached hydrogens (tertiary/aromatic N) is 1. The van der Waals surface area contributed by atoms with Crippen molar-refractivity contribution < 1.29 is 9.59 Å². The first-order valence-corrected chi connectivity index (χ1v) is 44.0. The second kappa shape index (κ2) is 53.3. The van der Waals surface area contributed by atoms with E-state index in [1.165, 1.54) is 352 Å². The summed E-state index contributed by atoms with van der Waals surface area (Å²) in [6.07, 6.45) is 75.3. The van der Waals surface area contributed by atoms with Gasteiger partial charge >= 0.3 is 24.8 Å². The van der Waals surface area contributed by atoms with Crippen molar-refractivity contribution in [2.75, 3.05) is 0 Å². The first-order chi connectivity index (χ1) is 44.7. The molecule has 11 heteroatoms. The molecule has 0 N–H and O–H groups in total. The molecule has 4 heterocycles. The van der Waals surface area contributed by atoms with E-state index in [1.807, 2.05) is 22.7 Å². The Balaban J connectivity index is 0.000000373. The Kier molecular flexibility index (Phi) is 48.5. The molecule has 0 spiro atoms. The van der Waals surface area contributed by atoms with E-state index in [1.54, 1.807) is 22.7 Å². The molecule has 2 aliphatic rings. The zero-order valence-electron chi connectivity index (χ0n) is 58.7. The molecular formula is C80H131BBr2NO2S5. The Morgan fingerprint density at radius 1 is 0.341 bits per heavy atom. The number of hydrogen-bond donors (Lipinski definition) is 1. The first-order valence-electron chi connectivity index (χ1n) is 38.6. The molecule has 0 bridgehead atoms. The van der Waals surface area contributed by atoms with Gasteiger partial charge in [-0.25, -0.2) is 0 Å². The summed E-state index contributed by atoms with van der Waals surface area (Å²) < 4.78 is 4.94. The fourth-order valence-electron chi connectivity index (χ4n) is 14.9. The van der Waals surface area contributed by atoms with Crippen molar-refractivity contribution in [3.63, 3.8) is 0 Å². The zero-order chi connectivity index (χ0) is 65.3. The molecule has 6 rings (SSSR count). The molecule has 0 saturated carbocycles. The van der Waals surface area contributed by atoms with Crippen LogP contribution in [0.4, 0.5) is 0 Å². The normalized spacial score (nSPS) is 13.5. The van der Waals surface area contributed by atoms with Gasteiger partial charge in [0.15, 0.2) is 11.6 Å². The van der Waals surface area contributed by atoms with Crippen LogP contribution in [0.3, 0.4) is 0 Å². The third-order valence-corrected chi connectivity index (χ3v) is 25.8. The van der Waals surface area contributed by atoms with Gasteiger partial charge in [-0.15, -0.1) is 45.3 Å². The monoisotopic (exact) mass is 1470 g/mol. The van der Waals surface area contributed by atoms with Crippen molar-refractivity contribution in [1.82, 2.24) is 0 Å². The maximum absolute atomic E-state index is 14.4. The number of Topliss-reactive ketones (excluding diaryl/α,β-unsaturated/α-hetero) is 2. The Hall–Kier alpha value is -0.685. The molecule has 3 nitrogen and oxygen atoms in total. The van der Waals surface area contributed by atoms with Crippen molar-refractivity contribution in [2.45, 2.75) is 398 Å². The van der Waals surface area contributed by atoms with Crippen LogP contribution in [-0.4, -0.2) is 19.2 Å². The topological polar surface area (TPSA) is 46.5 Å². The van der Waals surface area contributed by atoms with E-state index in [9.17, 15) is 9.59 Å². The number of halogens is 2. The van der Waals surface area contributed by atoms with E-state index < -0.39 is 0 Å². The van der Waals surface area contributed by atoms with Crippen LogP contribution in [0, 0.1) is 0 Å². The van der Waals surface area contributed by atoms with Crippen LogP contribution in [0.15, 0.2) is 46.9 Å². The van der Waals surface area contributed by atoms with Crippen molar-refractivity contribution in [1.29, 1.82) is 0 Å². The average molecular weight is 1470 g/mol. The molecule has 0 atom stereocenters. The van der Waals surface area contributed by atoms with Crippen LogP contribution in [0.2, 0.25) is 0 Å². The summed E-state index contributed by atoms with van der Waals surface area (Å²) in [4.78, 5) is 33.7.